The van der Waals surface area contributed by atoms with E-state index in [-0.39, 0.29) is 23.8 Å². The lowest BCUT2D eigenvalue weighted by molar-refractivity contribution is -0.211. The van der Waals surface area contributed by atoms with Crippen molar-refractivity contribution < 1.29 is 33.6 Å². The molecule has 1 spiro atoms. The summed E-state index contributed by atoms with van der Waals surface area (Å²) in [5.74, 6) is 0.0927. The van der Waals surface area contributed by atoms with Gasteiger partial charge in [0.2, 0.25) is 0 Å². The van der Waals surface area contributed by atoms with Crippen molar-refractivity contribution in [2.45, 2.75) is 55.1 Å². The van der Waals surface area contributed by atoms with Gasteiger partial charge in [0.25, 0.3) is 0 Å². The maximum Gasteiger partial charge on any atom is 0.335 e. The van der Waals surface area contributed by atoms with Crippen LogP contribution in [0.5, 0.6) is 11.5 Å². The maximum atomic E-state index is 11.5. The average Bonchev–Trinajstić information content (AvgIpc) is 3.44. The van der Waals surface area contributed by atoms with Crippen LogP contribution in [0.1, 0.15) is 31.2 Å². The topological polar surface area (TPSA) is 86.7 Å². The van der Waals surface area contributed by atoms with Gasteiger partial charge >= 0.3 is 5.97 Å². The van der Waals surface area contributed by atoms with E-state index in [1.807, 2.05) is 6.07 Å². The molecule has 0 amide bonds. The summed E-state index contributed by atoms with van der Waals surface area (Å²) in [4.78, 5) is 13.9. The number of cyclic esters (lactones) is 1. The summed E-state index contributed by atoms with van der Waals surface area (Å²) in [6.07, 6.45) is 3.21. The van der Waals surface area contributed by atoms with E-state index in [2.05, 4.69) is 24.1 Å². The Morgan fingerprint density at radius 1 is 1.16 bits per heavy atom. The predicted octanol–water partition coefficient (Wildman–Crippen LogP) is 2.31. The number of methoxy groups -OCH3 is 2. The second kappa shape index (κ2) is 7.39. The van der Waals surface area contributed by atoms with Crippen LogP contribution in [-0.4, -0.2) is 74.4 Å². The zero-order chi connectivity index (χ0) is 21.8. The van der Waals surface area contributed by atoms with Crippen molar-refractivity contribution in [3.8, 4) is 11.5 Å². The fraction of sp³-hybridized carbons (Fsp3) is 0.609. The van der Waals surface area contributed by atoms with Crippen molar-refractivity contribution in [2.75, 3.05) is 34.4 Å². The van der Waals surface area contributed by atoms with Crippen LogP contribution in [0.2, 0.25) is 0 Å². The van der Waals surface area contributed by atoms with Crippen LogP contribution in [0.4, 0.5) is 0 Å². The quantitative estimate of drug-likeness (QED) is 0.727. The van der Waals surface area contributed by atoms with Gasteiger partial charge in [-0.25, -0.2) is 4.79 Å². The molecule has 5 rings (SSSR count). The molecule has 0 radical (unpaired) electrons. The number of fused-ring (bicyclic) bond motifs is 1. The Labute approximate surface area is 181 Å². The molecule has 1 aliphatic carbocycles. The number of likely N-dealkylation sites (tertiary alicyclic amines) is 1. The predicted molar refractivity (Wildman–Crippen MR) is 110 cm³/mol. The normalized spacial score (nSPS) is 37.6. The van der Waals surface area contributed by atoms with Gasteiger partial charge in [-0.15, -0.1) is 0 Å². The fourth-order valence-corrected chi connectivity index (χ4v) is 5.85. The first-order chi connectivity index (χ1) is 14.9. The molecule has 8 heteroatoms. The van der Waals surface area contributed by atoms with E-state index in [1.54, 1.807) is 14.2 Å². The number of ether oxygens (including phenoxy) is 5. The van der Waals surface area contributed by atoms with E-state index in [0.29, 0.717) is 6.42 Å². The molecule has 1 aromatic carbocycles. The van der Waals surface area contributed by atoms with E-state index in [0.717, 1.165) is 43.4 Å². The third-order valence-corrected chi connectivity index (χ3v) is 7.51. The van der Waals surface area contributed by atoms with E-state index in [4.69, 9.17) is 23.7 Å². The molecule has 168 valence electrons. The van der Waals surface area contributed by atoms with Crippen LogP contribution in [0.15, 0.2) is 30.0 Å². The molecule has 1 unspecified atom stereocenters. The number of carbonyl (C=O) groups is 1. The number of aliphatic hydroxyl groups excluding tert-OH is 1. The zero-order valence-electron chi connectivity index (χ0n) is 18.1. The maximum absolute atomic E-state index is 11.5. The summed E-state index contributed by atoms with van der Waals surface area (Å²) in [5, 5.41) is 10.0. The molecule has 3 aliphatic heterocycles. The molecule has 2 saturated heterocycles. The highest BCUT2D eigenvalue weighted by Crippen LogP contribution is 2.54. The number of rotatable bonds is 4. The van der Waals surface area contributed by atoms with Crippen molar-refractivity contribution in [3.05, 3.63) is 35.6 Å². The highest BCUT2D eigenvalue weighted by Gasteiger charge is 2.59. The van der Waals surface area contributed by atoms with Gasteiger partial charge in [0, 0.05) is 24.3 Å². The van der Waals surface area contributed by atoms with E-state index in [9.17, 15) is 9.90 Å². The smallest absolute Gasteiger partial charge is 0.335 e. The minimum absolute atomic E-state index is 0.0216. The summed E-state index contributed by atoms with van der Waals surface area (Å²) >= 11 is 0. The van der Waals surface area contributed by atoms with Gasteiger partial charge < -0.3 is 33.7 Å². The second-order valence-corrected chi connectivity index (χ2v) is 8.98. The molecule has 8 nitrogen and oxygen atoms in total. The van der Waals surface area contributed by atoms with Crippen LogP contribution in [0.3, 0.4) is 0 Å². The molecule has 1 N–H and O–H groups in total. The fourth-order valence-electron chi connectivity index (χ4n) is 5.85. The summed E-state index contributed by atoms with van der Waals surface area (Å²) in [6, 6.07) is 6.45. The lowest BCUT2D eigenvalue weighted by Crippen LogP contribution is -2.53. The monoisotopic (exact) mass is 431 g/mol. The number of nitrogens with zero attached hydrogens (tertiary/aromatic N) is 1. The molecule has 1 aromatic rings. The first-order valence-electron chi connectivity index (χ1n) is 10.8. The third-order valence-electron chi connectivity index (χ3n) is 7.51. The van der Waals surface area contributed by atoms with Gasteiger partial charge in [-0.05, 0) is 44.1 Å². The zero-order valence-corrected chi connectivity index (χ0v) is 18.1. The van der Waals surface area contributed by atoms with E-state index in [1.165, 1.54) is 5.56 Å². The Morgan fingerprint density at radius 3 is 2.68 bits per heavy atom. The molecular formula is C23H29NO7. The Morgan fingerprint density at radius 2 is 1.97 bits per heavy atom. The largest absolute Gasteiger partial charge is 0.508 e. The SMILES string of the molecule is COc1ccc([C@]23CCN(C)[C@H]2CC2(CC3)OC[C@@H]([C@H]3OC(=O)C=C3O)O2)cc1OC. The number of esters is 1. The minimum Gasteiger partial charge on any atom is -0.508 e. The van der Waals surface area contributed by atoms with Crippen molar-refractivity contribution >= 4 is 5.97 Å². The molecule has 0 bridgehead atoms. The summed E-state index contributed by atoms with van der Waals surface area (Å²) in [6.45, 7) is 1.28. The van der Waals surface area contributed by atoms with Gasteiger partial charge in [-0.2, -0.15) is 0 Å². The number of aliphatic hydroxyl groups is 1. The highest BCUT2D eigenvalue weighted by molar-refractivity contribution is 5.85. The average molecular weight is 431 g/mol. The molecule has 4 aliphatic rings. The molecule has 0 aromatic heterocycles. The van der Waals surface area contributed by atoms with Gasteiger partial charge in [0.05, 0.1) is 26.9 Å². The molecular weight excluding hydrogens is 402 g/mol. The van der Waals surface area contributed by atoms with Crippen molar-refractivity contribution in [3.63, 3.8) is 0 Å². The van der Waals surface area contributed by atoms with Crippen molar-refractivity contribution in [2.24, 2.45) is 0 Å². The Bertz CT molecular complexity index is 917. The standard InChI is InChI=1S/C23H29NO7/c1-24-9-8-22(14-4-5-16(27-2)17(10-14)28-3)6-7-23(12-19(22)24)29-13-18(31-23)21-15(25)11-20(26)30-21/h4-5,10-11,18-19,21,25H,6-9,12-13H2,1-3H3/t18-,19-,21-,22-,23?/m0/s1. The van der Waals surface area contributed by atoms with Crippen LogP contribution in [0, 0.1) is 0 Å². The van der Waals surface area contributed by atoms with Crippen LogP contribution < -0.4 is 9.47 Å². The van der Waals surface area contributed by atoms with Crippen LogP contribution in [-0.2, 0) is 24.4 Å². The minimum atomic E-state index is -0.786. The Hall–Kier alpha value is -2.29. The third kappa shape index (κ3) is 3.20. The van der Waals surface area contributed by atoms with Crippen molar-refractivity contribution in [1.82, 2.24) is 4.90 Å². The Kier molecular flexibility index (Phi) is 4.91. The number of hydrogen-bond donors (Lipinski definition) is 1. The van der Waals surface area contributed by atoms with Crippen LogP contribution >= 0.6 is 0 Å². The van der Waals surface area contributed by atoms with Crippen molar-refractivity contribution in [1.29, 1.82) is 0 Å². The van der Waals surface area contributed by atoms with Gasteiger partial charge in [-0.1, -0.05) is 6.07 Å². The highest BCUT2D eigenvalue weighted by atomic mass is 16.8. The Balaban J connectivity index is 1.40. The molecule has 1 saturated carbocycles. The van der Waals surface area contributed by atoms with Crippen LogP contribution in [0.25, 0.3) is 0 Å². The van der Waals surface area contributed by atoms with Gasteiger partial charge in [0.15, 0.2) is 23.4 Å². The lowest BCUT2D eigenvalue weighted by Gasteiger charge is -2.48. The van der Waals surface area contributed by atoms with Gasteiger partial charge in [0.1, 0.15) is 11.9 Å². The van der Waals surface area contributed by atoms with Gasteiger partial charge in [-0.3, -0.25) is 0 Å². The first kappa shape index (κ1) is 20.6. The van der Waals surface area contributed by atoms with E-state index < -0.39 is 24.0 Å². The molecule has 31 heavy (non-hydrogen) atoms. The number of hydrogen-bond acceptors (Lipinski definition) is 8. The molecule has 3 fully saturated rings. The summed E-state index contributed by atoms with van der Waals surface area (Å²) < 4.78 is 28.7. The lowest BCUT2D eigenvalue weighted by atomic mass is 9.64. The molecule has 3 heterocycles. The number of likely N-dealkylation sites (N-methyl/N-ethyl adjacent to an activating group) is 1. The molecule has 5 atom stereocenters. The second-order valence-electron chi connectivity index (χ2n) is 8.98. The number of benzene rings is 1. The summed E-state index contributed by atoms with van der Waals surface area (Å²) in [7, 11) is 5.45. The summed E-state index contributed by atoms with van der Waals surface area (Å²) in [5.41, 5.74) is 1.22. The van der Waals surface area contributed by atoms with E-state index >= 15 is 0 Å². The number of carbonyl (C=O) groups excluding carboxylic acids is 1. The first-order valence-corrected chi connectivity index (χ1v) is 10.8.